The van der Waals surface area contributed by atoms with Crippen molar-refractivity contribution in [3.05, 3.63) is 0 Å². The van der Waals surface area contributed by atoms with Gasteiger partial charge in [-0.3, -0.25) is 4.79 Å². The van der Waals surface area contributed by atoms with Gasteiger partial charge in [0.2, 0.25) is 5.91 Å². The number of alkyl halides is 6. The molecule has 45 heavy (non-hydrogen) atoms. The molecule has 2 rings (SSSR count). The minimum absolute atomic E-state index is 0.118. The highest BCUT2D eigenvalue weighted by atomic mass is 19.4. The minimum Gasteiger partial charge on any atom is -0.458 e. The van der Waals surface area contributed by atoms with Crippen LogP contribution in [0.4, 0.5) is 31.1 Å². The molecule has 17 heteroatoms. The molecular weight excluding hydrogens is 620 g/mol. The molecule has 11 nitrogen and oxygen atoms in total. The summed E-state index contributed by atoms with van der Waals surface area (Å²) in [5.74, 6) is -9.40. The van der Waals surface area contributed by atoms with Gasteiger partial charge in [0, 0.05) is 12.6 Å². The average molecular weight is 666 g/mol. The molecule has 2 fully saturated rings. The number of nitrogens with zero attached hydrogens (tertiary/aromatic N) is 1. The number of fused-ring (bicyclic) bond motifs is 1. The molecule has 262 valence electrons. The molecule has 0 radical (unpaired) electrons. The van der Waals surface area contributed by atoms with E-state index in [4.69, 9.17) is 23.7 Å². The summed E-state index contributed by atoms with van der Waals surface area (Å²) in [6, 6.07) is -6.35. The van der Waals surface area contributed by atoms with Crippen molar-refractivity contribution in [3.63, 3.8) is 0 Å². The summed E-state index contributed by atoms with van der Waals surface area (Å²) in [6.07, 6.45) is -16.7. The van der Waals surface area contributed by atoms with Gasteiger partial charge in [-0.15, -0.1) is 0 Å². The lowest BCUT2D eigenvalue weighted by Crippen LogP contribution is -2.66. The molecule has 0 aromatic heterocycles. The van der Waals surface area contributed by atoms with Gasteiger partial charge in [-0.25, -0.2) is 9.59 Å². The minimum atomic E-state index is -6.07. The number of rotatable bonds is 9. The average Bonchev–Trinajstić information content (AvgIpc) is 3.27. The van der Waals surface area contributed by atoms with Crippen LogP contribution >= 0.6 is 0 Å². The molecule has 2 aliphatic rings. The number of urea groups is 1. The van der Waals surface area contributed by atoms with Gasteiger partial charge < -0.3 is 39.2 Å². The molecule has 3 amide bonds. The number of hydrogen-bond acceptors (Lipinski definition) is 8. The maximum Gasteiger partial charge on any atom is 0.403 e. The van der Waals surface area contributed by atoms with E-state index in [-0.39, 0.29) is 4.90 Å². The van der Waals surface area contributed by atoms with E-state index >= 15 is 0 Å². The van der Waals surface area contributed by atoms with E-state index in [2.05, 4.69) is 5.32 Å². The van der Waals surface area contributed by atoms with Crippen molar-refractivity contribution in [2.24, 2.45) is 11.8 Å². The molecule has 0 saturated carbocycles. The number of halogens is 6. The molecule has 0 aliphatic carbocycles. The zero-order valence-electron chi connectivity index (χ0n) is 27.3. The predicted molar refractivity (Wildman–Crippen MR) is 146 cm³/mol. The fraction of sp³-hybridized carbons (Fsp3) is 0.893. The van der Waals surface area contributed by atoms with Crippen LogP contribution in [0.25, 0.3) is 0 Å². The molecule has 0 aromatic rings. The highest BCUT2D eigenvalue weighted by Crippen LogP contribution is 2.44. The summed E-state index contributed by atoms with van der Waals surface area (Å²) in [5, 5.41) is 4.35. The van der Waals surface area contributed by atoms with E-state index in [1.54, 1.807) is 0 Å². The summed E-state index contributed by atoms with van der Waals surface area (Å²) in [4.78, 5) is 40.4. The van der Waals surface area contributed by atoms with E-state index in [1.807, 2.05) is 5.32 Å². The topological polar surface area (TPSA) is 125 Å². The third-order valence-electron chi connectivity index (χ3n) is 6.71. The molecule has 1 unspecified atom stereocenters. The SMILES string of the molecule is CO[C@@H]1O[C@H](CN(C(=O)NC(C)(C)C)C(C(=O)N[C@H](C(=O)OC(C)(C)C)C(C)C)C(C(F)(F)F)C(F)(F)F)[C@H]2OC(C)(C)O[C@@H]12. The zero-order valence-corrected chi connectivity index (χ0v) is 27.3. The molecule has 0 aromatic carbocycles. The third kappa shape index (κ3) is 10.3. The Kier molecular flexibility index (Phi) is 11.6. The maximum atomic E-state index is 14.4. The van der Waals surface area contributed by atoms with Crippen LogP contribution in [0, 0.1) is 11.8 Å². The van der Waals surface area contributed by atoms with E-state index < -0.39 is 102 Å². The van der Waals surface area contributed by atoms with Crippen molar-refractivity contribution < 1.29 is 64.4 Å². The van der Waals surface area contributed by atoms with Gasteiger partial charge in [0.05, 0.1) is 6.54 Å². The number of carbonyl (C=O) groups excluding carboxylic acids is 3. The lowest BCUT2D eigenvalue weighted by molar-refractivity contribution is -0.295. The molecule has 6 atom stereocenters. The fourth-order valence-electron chi connectivity index (χ4n) is 5.01. The highest BCUT2D eigenvalue weighted by molar-refractivity contribution is 5.91. The Bertz CT molecular complexity index is 1060. The quantitative estimate of drug-likeness (QED) is 0.277. The molecule has 2 heterocycles. The van der Waals surface area contributed by atoms with Crippen LogP contribution in [-0.4, -0.2) is 102 Å². The number of carbonyl (C=O) groups is 3. The van der Waals surface area contributed by atoms with Gasteiger partial charge in [-0.1, -0.05) is 13.8 Å². The van der Waals surface area contributed by atoms with Crippen molar-refractivity contribution >= 4 is 17.9 Å². The van der Waals surface area contributed by atoms with Crippen LogP contribution in [0.15, 0.2) is 0 Å². The normalized spacial score (nSPS) is 25.1. The summed E-state index contributed by atoms with van der Waals surface area (Å²) >= 11 is 0. The predicted octanol–water partition coefficient (Wildman–Crippen LogP) is 4.28. The van der Waals surface area contributed by atoms with Crippen LogP contribution in [0.2, 0.25) is 0 Å². The van der Waals surface area contributed by atoms with Crippen LogP contribution in [0.5, 0.6) is 0 Å². The standard InChI is InChI=1S/C28H45F6N3O8/c1-13(2)15(21(39)45-25(6,7)8)35-20(38)16(19(27(29,30)31)28(32,33)34)37(23(40)36-24(3,4)5)12-14-17-18(22(41-11)42-14)44-26(9,10)43-17/h13-19,22H,12H2,1-11H3,(H,35,38)(H,36,40)/t14-,15+,16?,17-,18-,22-/m1/s1. The van der Waals surface area contributed by atoms with Gasteiger partial charge in [0.15, 0.2) is 18.0 Å². The molecule has 0 bridgehead atoms. The number of ether oxygens (including phenoxy) is 5. The third-order valence-corrected chi connectivity index (χ3v) is 6.71. The van der Waals surface area contributed by atoms with E-state index in [0.29, 0.717) is 0 Å². The van der Waals surface area contributed by atoms with Crippen LogP contribution in [0.1, 0.15) is 69.2 Å². The Morgan fingerprint density at radius 1 is 0.911 bits per heavy atom. The fourth-order valence-corrected chi connectivity index (χ4v) is 5.01. The number of amides is 3. The molecule has 0 spiro atoms. The van der Waals surface area contributed by atoms with Gasteiger partial charge >= 0.3 is 24.4 Å². The Labute approximate surface area is 258 Å². The Hall–Kier alpha value is -2.37. The van der Waals surface area contributed by atoms with Crippen LogP contribution in [0.3, 0.4) is 0 Å². The first-order valence-electron chi connectivity index (χ1n) is 14.4. The van der Waals surface area contributed by atoms with Gasteiger partial charge in [-0.05, 0) is 61.3 Å². The summed E-state index contributed by atoms with van der Waals surface area (Å²) in [7, 11) is 1.24. The van der Waals surface area contributed by atoms with Crippen molar-refractivity contribution in [2.75, 3.05) is 13.7 Å². The van der Waals surface area contributed by atoms with Crippen LogP contribution < -0.4 is 10.6 Å². The maximum absolute atomic E-state index is 14.4. The monoisotopic (exact) mass is 665 g/mol. The Morgan fingerprint density at radius 2 is 1.42 bits per heavy atom. The van der Waals surface area contributed by atoms with Crippen molar-refractivity contribution in [2.45, 2.75) is 135 Å². The number of methoxy groups -OCH3 is 1. The first kappa shape index (κ1) is 38.8. The summed E-state index contributed by atoms with van der Waals surface area (Å²) < 4.78 is 114. The zero-order chi connectivity index (χ0) is 35.1. The van der Waals surface area contributed by atoms with Crippen molar-refractivity contribution in [1.29, 1.82) is 0 Å². The second-order valence-corrected chi connectivity index (χ2v) is 13.9. The van der Waals surface area contributed by atoms with Gasteiger partial charge in [0.25, 0.3) is 0 Å². The van der Waals surface area contributed by atoms with Crippen LogP contribution in [-0.2, 0) is 33.3 Å². The first-order chi connectivity index (χ1) is 20.1. The lowest BCUT2D eigenvalue weighted by Gasteiger charge is -2.40. The molecule has 2 N–H and O–H groups in total. The highest BCUT2D eigenvalue weighted by Gasteiger charge is 2.65. The van der Waals surface area contributed by atoms with E-state index in [9.17, 15) is 40.7 Å². The largest absolute Gasteiger partial charge is 0.458 e. The summed E-state index contributed by atoms with van der Waals surface area (Å²) in [6.45, 7) is 13.7. The van der Waals surface area contributed by atoms with Crippen molar-refractivity contribution in [1.82, 2.24) is 15.5 Å². The van der Waals surface area contributed by atoms with Gasteiger partial charge in [0.1, 0.15) is 36.0 Å². The Morgan fingerprint density at radius 3 is 1.84 bits per heavy atom. The molecular formula is C28H45F6N3O8. The second-order valence-electron chi connectivity index (χ2n) is 13.9. The smallest absolute Gasteiger partial charge is 0.403 e. The molecule has 2 aliphatic heterocycles. The lowest BCUT2D eigenvalue weighted by atomic mass is 9.93. The van der Waals surface area contributed by atoms with Crippen molar-refractivity contribution in [3.8, 4) is 0 Å². The number of hydrogen-bond donors (Lipinski definition) is 2. The number of esters is 1. The summed E-state index contributed by atoms with van der Waals surface area (Å²) in [5.41, 5.74) is -2.26. The number of nitrogens with one attached hydrogen (secondary N) is 2. The van der Waals surface area contributed by atoms with Gasteiger partial charge in [-0.2, -0.15) is 26.3 Å². The van der Waals surface area contributed by atoms with E-state index in [0.717, 1.165) is 0 Å². The first-order valence-corrected chi connectivity index (χ1v) is 14.4. The Balaban J connectivity index is 2.71. The second kappa shape index (κ2) is 13.4. The molecule has 2 saturated heterocycles. The van der Waals surface area contributed by atoms with E-state index in [1.165, 1.54) is 76.3 Å².